The van der Waals surface area contributed by atoms with E-state index < -0.39 is 0 Å². The van der Waals surface area contributed by atoms with Gasteiger partial charge in [-0.25, -0.2) is 0 Å². The van der Waals surface area contributed by atoms with E-state index in [0.29, 0.717) is 11.9 Å². The number of piperidine rings is 1. The molecule has 1 aliphatic rings. The van der Waals surface area contributed by atoms with Crippen molar-refractivity contribution in [3.8, 4) is 0 Å². The lowest BCUT2D eigenvalue weighted by Gasteiger charge is -2.35. The summed E-state index contributed by atoms with van der Waals surface area (Å²) in [5.41, 5.74) is -0.184. The van der Waals surface area contributed by atoms with Crippen LogP contribution >= 0.6 is 0 Å². The quantitative estimate of drug-likeness (QED) is 0.599. The van der Waals surface area contributed by atoms with Crippen LogP contribution in [0.1, 0.15) is 86.5 Å². The molecule has 3 heteroatoms. The SMILES string of the molecule is CC(C)(C)OC1CCN(CCCCCCC(=O)C(C)(C)C)CC1. The maximum atomic E-state index is 11.9. The first kappa shape index (κ1) is 20.6. The number of carbonyl (C=O) groups is 1. The lowest BCUT2D eigenvalue weighted by Crippen LogP contribution is -2.40. The molecule has 0 aromatic heterocycles. The van der Waals surface area contributed by atoms with E-state index in [2.05, 4.69) is 25.7 Å². The second kappa shape index (κ2) is 9.17. The highest BCUT2D eigenvalue weighted by Crippen LogP contribution is 2.21. The average molecular weight is 326 g/mol. The highest BCUT2D eigenvalue weighted by atomic mass is 16.5. The molecule has 0 aliphatic carbocycles. The molecular weight excluding hydrogens is 286 g/mol. The topological polar surface area (TPSA) is 29.5 Å². The van der Waals surface area contributed by atoms with E-state index in [9.17, 15) is 4.79 Å². The summed E-state index contributed by atoms with van der Waals surface area (Å²) < 4.78 is 6.08. The molecule has 0 amide bonds. The van der Waals surface area contributed by atoms with Gasteiger partial charge >= 0.3 is 0 Å². The van der Waals surface area contributed by atoms with Gasteiger partial charge in [0.1, 0.15) is 5.78 Å². The molecule has 0 atom stereocenters. The highest BCUT2D eigenvalue weighted by Gasteiger charge is 2.24. The summed E-state index contributed by atoms with van der Waals surface area (Å²) >= 11 is 0. The Morgan fingerprint density at radius 2 is 1.52 bits per heavy atom. The minimum Gasteiger partial charge on any atom is -0.373 e. The van der Waals surface area contributed by atoms with Gasteiger partial charge in [-0.3, -0.25) is 4.79 Å². The second-order valence-electron chi connectivity index (χ2n) is 9.11. The second-order valence-corrected chi connectivity index (χ2v) is 9.11. The van der Waals surface area contributed by atoms with Gasteiger partial charge in [-0.2, -0.15) is 0 Å². The summed E-state index contributed by atoms with van der Waals surface area (Å²) in [5.74, 6) is 0.401. The summed E-state index contributed by atoms with van der Waals surface area (Å²) in [6.07, 6.45) is 8.26. The van der Waals surface area contributed by atoms with Gasteiger partial charge in [0.05, 0.1) is 11.7 Å². The first-order chi connectivity index (χ1) is 10.6. The van der Waals surface area contributed by atoms with Crippen LogP contribution in [0.3, 0.4) is 0 Å². The van der Waals surface area contributed by atoms with Crippen molar-refractivity contribution in [3.05, 3.63) is 0 Å². The first-order valence-electron chi connectivity index (χ1n) is 9.51. The van der Waals surface area contributed by atoms with Crippen LogP contribution in [0.5, 0.6) is 0 Å². The third-order valence-corrected chi connectivity index (χ3v) is 4.52. The molecule has 1 heterocycles. The first-order valence-corrected chi connectivity index (χ1v) is 9.51. The fraction of sp³-hybridized carbons (Fsp3) is 0.950. The molecule has 0 aromatic rings. The molecule has 0 aromatic carbocycles. The van der Waals surface area contributed by atoms with Crippen LogP contribution in [0.25, 0.3) is 0 Å². The van der Waals surface area contributed by atoms with Crippen molar-refractivity contribution < 1.29 is 9.53 Å². The van der Waals surface area contributed by atoms with E-state index in [-0.39, 0.29) is 11.0 Å². The fourth-order valence-corrected chi connectivity index (χ4v) is 3.10. The lowest BCUT2D eigenvalue weighted by atomic mass is 9.88. The van der Waals surface area contributed by atoms with Gasteiger partial charge in [-0.05, 0) is 53.0 Å². The van der Waals surface area contributed by atoms with Crippen LogP contribution in [0.4, 0.5) is 0 Å². The van der Waals surface area contributed by atoms with E-state index in [0.717, 1.165) is 25.7 Å². The highest BCUT2D eigenvalue weighted by molar-refractivity contribution is 5.83. The number of ether oxygens (including phenoxy) is 1. The standard InChI is InChI=1S/C20H39NO2/c1-19(2,3)18(22)11-9-7-8-10-14-21-15-12-17(13-16-21)23-20(4,5)6/h17H,7-16H2,1-6H3. The number of unbranched alkanes of at least 4 members (excludes halogenated alkanes) is 3. The number of nitrogens with zero attached hydrogens (tertiary/aromatic N) is 1. The van der Waals surface area contributed by atoms with Gasteiger partial charge in [0, 0.05) is 24.9 Å². The van der Waals surface area contributed by atoms with E-state index in [1.165, 1.54) is 38.9 Å². The van der Waals surface area contributed by atoms with Crippen molar-refractivity contribution in [3.63, 3.8) is 0 Å². The van der Waals surface area contributed by atoms with Gasteiger partial charge in [-0.1, -0.05) is 33.6 Å². The van der Waals surface area contributed by atoms with Crippen molar-refractivity contribution >= 4 is 5.78 Å². The van der Waals surface area contributed by atoms with E-state index in [4.69, 9.17) is 4.74 Å². The number of rotatable bonds is 8. The number of Topliss-reactive ketones (excluding diaryl/α,β-unsaturated/α-hetero) is 1. The summed E-state index contributed by atoms with van der Waals surface area (Å²) in [7, 11) is 0. The molecule has 0 bridgehead atoms. The normalized spacial score (nSPS) is 18.3. The fourth-order valence-electron chi connectivity index (χ4n) is 3.10. The summed E-state index contributed by atoms with van der Waals surface area (Å²) in [5, 5.41) is 0. The van der Waals surface area contributed by atoms with E-state index in [1.54, 1.807) is 0 Å². The Bertz CT molecular complexity index is 344. The number of ketones is 1. The molecule has 1 aliphatic heterocycles. The van der Waals surface area contributed by atoms with Crippen molar-refractivity contribution in [1.82, 2.24) is 4.90 Å². The Morgan fingerprint density at radius 3 is 2.04 bits per heavy atom. The molecule has 3 nitrogen and oxygen atoms in total. The minimum absolute atomic E-state index is 0.0165. The molecule has 1 saturated heterocycles. The van der Waals surface area contributed by atoms with Crippen LogP contribution in [0.15, 0.2) is 0 Å². The Kier molecular flexibility index (Phi) is 8.23. The maximum Gasteiger partial charge on any atom is 0.138 e. The molecule has 23 heavy (non-hydrogen) atoms. The number of carbonyl (C=O) groups excluding carboxylic acids is 1. The van der Waals surface area contributed by atoms with Gasteiger partial charge in [-0.15, -0.1) is 0 Å². The summed E-state index contributed by atoms with van der Waals surface area (Å²) in [4.78, 5) is 14.4. The van der Waals surface area contributed by atoms with Crippen molar-refractivity contribution in [2.45, 2.75) is 98.2 Å². The summed E-state index contributed by atoms with van der Waals surface area (Å²) in [6.45, 7) is 16.0. The van der Waals surface area contributed by atoms with Crippen LogP contribution in [-0.4, -0.2) is 42.0 Å². The number of hydrogen-bond donors (Lipinski definition) is 0. The molecular formula is C20H39NO2. The van der Waals surface area contributed by atoms with Gasteiger partial charge in [0.2, 0.25) is 0 Å². The Morgan fingerprint density at radius 1 is 0.957 bits per heavy atom. The third kappa shape index (κ3) is 9.46. The Labute approximate surface area is 144 Å². The van der Waals surface area contributed by atoms with E-state index in [1.807, 2.05) is 20.8 Å². The zero-order valence-electron chi connectivity index (χ0n) is 16.4. The molecule has 0 N–H and O–H groups in total. The maximum absolute atomic E-state index is 11.9. The monoisotopic (exact) mass is 325 g/mol. The van der Waals surface area contributed by atoms with Crippen molar-refractivity contribution in [2.75, 3.05) is 19.6 Å². The van der Waals surface area contributed by atoms with Crippen molar-refractivity contribution in [2.24, 2.45) is 5.41 Å². The van der Waals surface area contributed by atoms with Gasteiger partial charge < -0.3 is 9.64 Å². The van der Waals surface area contributed by atoms with Gasteiger partial charge in [0.15, 0.2) is 0 Å². The number of hydrogen-bond acceptors (Lipinski definition) is 3. The predicted octanol–water partition coefficient (Wildman–Crippen LogP) is 4.83. The Hall–Kier alpha value is -0.410. The third-order valence-electron chi connectivity index (χ3n) is 4.52. The molecule has 0 saturated carbocycles. The predicted molar refractivity (Wildman–Crippen MR) is 97.8 cm³/mol. The van der Waals surface area contributed by atoms with E-state index >= 15 is 0 Å². The zero-order chi connectivity index (χ0) is 17.5. The van der Waals surface area contributed by atoms with Crippen LogP contribution < -0.4 is 0 Å². The average Bonchev–Trinajstić information content (AvgIpc) is 2.41. The lowest BCUT2D eigenvalue weighted by molar-refractivity contribution is -0.126. The Balaban J connectivity index is 2.03. The summed E-state index contributed by atoms with van der Waals surface area (Å²) in [6, 6.07) is 0. The number of likely N-dealkylation sites (tertiary alicyclic amines) is 1. The van der Waals surface area contributed by atoms with Crippen LogP contribution in [0, 0.1) is 5.41 Å². The molecule has 0 spiro atoms. The largest absolute Gasteiger partial charge is 0.373 e. The van der Waals surface area contributed by atoms with Crippen LogP contribution in [-0.2, 0) is 9.53 Å². The molecule has 0 radical (unpaired) electrons. The van der Waals surface area contributed by atoms with Crippen molar-refractivity contribution in [1.29, 1.82) is 0 Å². The zero-order valence-corrected chi connectivity index (χ0v) is 16.4. The molecule has 0 unspecified atom stereocenters. The smallest absolute Gasteiger partial charge is 0.138 e. The minimum atomic E-state index is -0.167. The van der Waals surface area contributed by atoms with Crippen LogP contribution in [0.2, 0.25) is 0 Å². The molecule has 1 fully saturated rings. The van der Waals surface area contributed by atoms with Gasteiger partial charge in [0.25, 0.3) is 0 Å². The molecule has 1 rings (SSSR count). The molecule has 136 valence electrons.